The summed E-state index contributed by atoms with van der Waals surface area (Å²) in [5.74, 6) is 0.492. The fourth-order valence-corrected chi connectivity index (χ4v) is 2.98. The van der Waals surface area contributed by atoms with Crippen LogP contribution in [0, 0.1) is 13.8 Å². The van der Waals surface area contributed by atoms with Gasteiger partial charge in [-0.1, -0.05) is 12.1 Å². The molecular weight excluding hydrogens is 352 g/mol. The molecule has 2 rings (SSSR count). The molecule has 0 aliphatic heterocycles. The molecule has 0 fully saturated rings. The van der Waals surface area contributed by atoms with E-state index in [1.807, 2.05) is 26.0 Å². The minimum absolute atomic E-state index is 0.280. The number of sulfonamides is 1. The number of anilines is 1. The highest BCUT2D eigenvalue weighted by Crippen LogP contribution is 2.18. The van der Waals surface area contributed by atoms with Gasteiger partial charge in [0.1, 0.15) is 12.4 Å². The third kappa shape index (κ3) is 5.49. The summed E-state index contributed by atoms with van der Waals surface area (Å²) in [6.45, 7) is 4.69. The molecule has 0 aromatic heterocycles. The summed E-state index contributed by atoms with van der Waals surface area (Å²) in [6.07, 6.45) is 1.12. The molecule has 2 aromatic rings. The maximum Gasteiger partial charge on any atom is 0.251 e. The molecule has 26 heavy (non-hydrogen) atoms. The first-order chi connectivity index (χ1) is 12.2. The average Bonchev–Trinajstić information content (AvgIpc) is 2.56. The Morgan fingerprint density at radius 3 is 2.38 bits per heavy atom. The monoisotopic (exact) mass is 376 g/mol. The van der Waals surface area contributed by atoms with Gasteiger partial charge in [0.05, 0.1) is 18.5 Å². The van der Waals surface area contributed by atoms with Crippen LogP contribution >= 0.6 is 0 Å². The van der Waals surface area contributed by atoms with Crippen molar-refractivity contribution in [2.75, 3.05) is 30.8 Å². The smallest absolute Gasteiger partial charge is 0.251 e. The van der Waals surface area contributed by atoms with Crippen molar-refractivity contribution in [2.24, 2.45) is 0 Å². The molecule has 0 saturated carbocycles. The van der Waals surface area contributed by atoms with E-state index in [1.54, 1.807) is 24.3 Å². The SMILES string of the molecule is Cc1cc(C)cc(OCCNC(=O)c2cccc(N(C)S(C)(=O)=O)c2)c1. The van der Waals surface area contributed by atoms with Crippen LogP contribution in [0.15, 0.2) is 42.5 Å². The van der Waals surface area contributed by atoms with Gasteiger partial charge in [-0.2, -0.15) is 0 Å². The Morgan fingerprint density at radius 1 is 1.12 bits per heavy atom. The summed E-state index contributed by atoms with van der Waals surface area (Å²) in [5.41, 5.74) is 3.07. The zero-order valence-corrected chi connectivity index (χ0v) is 16.3. The highest BCUT2D eigenvalue weighted by atomic mass is 32.2. The highest BCUT2D eigenvalue weighted by Gasteiger charge is 2.14. The van der Waals surface area contributed by atoms with Gasteiger partial charge in [0, 0.05) is 12.6 Å². The summed E-state index contributed by atoms with van der Waals surface area (Å²) in [6, 6.07) is 12.4. The van der Waals surface area contributed by atoms with E-state index in [0.29, 0.717) is 24.4 Å². The van der Waals surface area contributed by atoms with Crippen molar-refractivity contribution in [3.63, 3.8) is 0 Å². The molecule has 7 heteroatoms. The van der Waals surface area contributed by atoms with Crippen molar-refractivity contribution in [3.05, 3.63) is 59.2 Å². The van der Waals surface area contributed by atoms with Crippen LogP contribution in [-0.4, -0.2) is 40.8 Å². The van der Waals surface area contributed by atoms with Crippen molar-refractivity contribution in [1.82, 2.24) is 5.32 Å². The van der Waals surface area contributed by atoms with Gasteiger partial charge in [-0.05, 0) is 55.3 Å². The van der Waals surface area contributed by atoms with E-state index >= 15 is 0 Å². The second-order valence-corrected chi connectivity index (χ2v) is 8.22. The van der Waals surface area contributed by atoms with Gasteiger partial charge in [-0.3, -0.25) is 9.10 Å². The zero-order valence-electron chi connectivity index (χ0n) is 15.4. The molecule has 6 nitrogen and oxygen atoms in total. The molecule has 0 spiro atoms. The van der Waals surface area contributed by atoms with Gasteiger partial charge in [0.25, 0.3) is 5.91 Å². The second kappa shape index (κ2) is 8.23. The third-order valence-electron chi connectivity index (χ3n) is 3.82. The number of ether oxygens (including phenoxy) is 1. The van der Waals surface area contributed by atoms with Crippen LogP contribution < -0.4 is 14.4 Å². The number of rotatable bonds is 7. The number of carbonyl (C=O) groups is 1. The lowest BCUT2D eigenvalue weighted by atomic mass is 10.1. The minimum atomic E-state index is -3.38. The average molecular weight is 376 g/mol. The number of nitrogens with zero attached hydrogens (tertiary/aromatic N) is 1. The third-order valence-corrected chi connectivity index (χ3v) is 5.03. The predicted octanol–water partition coefficient (Wildman–Crippen LogP) is 2.51. The molecule has 1 N–H and O–H groups in total. The maximum atomic E-state index is 12.3. The zero-order chi connectivity index (χ0) is 19.3. The van der Waals surface area contributed by atoms with Crippen LogP contribution in [0.3, 0.4) is 0 Å². The van der Waals surface area contributed by atoms with E-state index < -0.39 is 10.0 Å². The number of aryl methyl sites for hydroxylation is 2. The van der Waals surface area contributed by atoms with Gasteiger partial charge in [-0.15, -0.1) is 0 Å². The molecule has 0 heterocycles. The lowest BCUT2D eigenvalue weighted by molar-refractivity contribution is 0.0947. The molecule has 0 unspecified atom stereocenters. The first-order valence-electron chi connectivity index (χ1n) is 8.20. The quantitative estimate of drug-likeness (QED) is 0.754. The normalized spacial score (nSPS) is 11.1. The fourth-order valence-electron chi connectivity index (χ4n) is 2.49. The van der Waals surface area contributed by atoms with E-state index in [1.165, 1.54) is 7.05 Å². The molecule has 0 bridgehead atoms. The van der Waals surface area contributed by atoms with Gasteiger partial charge in [-0.25, -0.2) is 8.42 Å². The topological polar surface area (TPSA) is 75.7 Å². The number of carbonyl (C=O) groups excluding carboxylic acids is 1. The summed E-state index contributed by atoms with van der Waals surface area (Å²) in [5, 5.41) is 2.77. The Labute approximate surface area is 154 Å². The van der Waals surface area contributed by atoms with E-state index in [-0.39, 0.29) is 5.91 Å². The van der Waals surface area contributed by atoms with Crippen LogP contribution in [0.25, 0.3) is 0 Å². The summed E-state index contributed by atoms with van der Waals surface area (Å²) >= 11 is 0. The Bertz CT molecular complexity index is 874. The van der Waals surface area contributed by atoms with E-state index in [9.17, 15) is 13.2 Å². The maximum absolute atomic E-state index is 12.3. The van der Waals surface area contributed by atoms with Crippen LogP contribution in [0.4, 0.5) is 5.69 Å². The number of hydrogen-bond acceptors (Lipinski definition) is 4. The molecule has 0 radical (unpaired) electrons. The number of nitrogens with one attached hydrogen (secondary N) is 1. The molecule has 0 aliphatic rings. The van der Waals surface area contributed by atoms with Gasteiger partial charge >= 0.3 is 0 Å². The Hall–Kier alpha value is -2.54. The van der Waals surface area contributed by atoms with Gasteiger partial charge in [0.15, 0.2) is 0 Å². The van der Waals surface area contributed by atoms with Crippen molar-refractivity contribution in [3.8, 4) is 5.75 Å². The Kier molecular flexibility index (Phi) is 6.26. The van der Waals surface area contributed by atoms with Crippen molar-refractivity contribution < 1.29 is 17.9 Å². The number of benzene rings is 2. The van der Waals surface area contributed by atoms with Crippen molar-refractivity contribution in [1.29, 1.82) is 0 Å². The molecular formula is C19H24N2O4S. The molecule has 0 saturated heterocycles. The molecule has 140 valence electrons. The Balaban J connectivity index is 1.92. The highest BCUT2D eigenvalue weighted by molar-refractivity contribution is 7.92. The summed E-state index contributed by atoms with van der Waals surface area (Å²) in [4.78, 5) is 12.3. The summed E-state index contributed by atoms with van der Waals surface area (Å²) in [7, 11) is -1.93. The lowest BCUT2D eigenvalue weighted by Crippen LogP contribution is -2.29. The van der Waals surface area contributed by atoms with Crippen molar-refractivity contribution in [2.45, 2.75) is 13.8 Å². The lowest BCUT2D eigenvalue weighted by Gasteiger charge is -2.17. The Morgan fingerprint density at radius 2 is 1.77 bits per heavy atom. The van der Waals surface area contributed by atoms with Crippen LogP contribution in [0.1, 0.15) is 21.5 Å². The standard InChI is InChI=1S/C19H24N2O4S/c1-14-10-15(2)12-18(11-14)25-9-8-20-19(22)16-6-5-7-17(13-16)21(3)26(4,23)24/h5-7,10-13H,8-9H2,1-4H3,(H,20,22). The summed E-state index contributed by atoms with van der Waals surface area (Å²) < 4.78 is 30.0. The molecule has 2 aromatic carbocycles. The van der Waals surface area contributed by atoms with Crippen molar-refractivity contribution >= 4 is 21.6 Å². The number of amides is 1. The molecule has 0 atom stereocenters. The van der Waals surface area contributed by atoms with Gasteiger partial charge < -0.3 is 10.1 Å². The van der Waals surface area contributed by atoms with Gasteiger partial charge in [0.2, 0.25) is 10.0 Å². The van der Waals surface area contributed by atoms with E-state index in [0.717, 1.165) is 27.4 Å². The fraction of sp³-hybridized carbons (Fsp3) is 0.316. The largest absolute Gasteiger partial charge is 0.492 e. The minimum Gasteiger partial charge on any atom is -0.492 e. The van der Waals surface area contributed by atoms with Crippen LogP contribution in [-0.2, 0) is 10.0 Å². The first-order valence-corrected chi connectivity index (χ1v) is 10.0. The predicted molar refractivity (Wildman–Crippen MR) is 103 cm³/mol. The van der Waals surface area contributed by atoms with E-state index in [4.69, 9.17) is 4.74 Å². The number of hydrogen-bond donors (Lipinski definition) is 1. The molecule has 0 aliphatic carbocycles. The first kappa shape index (κ1) is 19.8. The van der Waals surface area contributed by atoms with Crippen LogP contribution in [0.5, 0.6) is 5.75 Å². The second-order valence-electron chi connectivity index (χ2n) is 6.21. The van der Waals surface area contributed by atoms with Crippen LogP contribution in [0.2, 0.25) is 0 Å². The van der Waals surface area contributed by atoms with E-state index in [2.05, 4.69) is 11.4 Å². The molecule has 1 amide bonds.